The fourth-order valence-corrected chi connectivity index (χ4v) is 4.31. The molecule has 5 nitrogen and oxygen atoms in total. The molecule has 148 valence electrons. The molecule has 2 heterocycles. The molecule has 0 atom stereocenters. The molecular formula is C20H29ClN4OS. The summed E-state index contributed by atoms with van der Waals surface area (Å²) >= 11 is 7.79. The van der Waals surface area contributed by atoms with Gasteiger partial charge in [0.1, 0.15) is 5.82 Å². The Bertz CT molecular complexity index is 726. The van der Waals surface area contributed by atoms with Gasteiger partial charge in [-0.25, -0.2) is 0 Å². The SMILES string of the molecule is CC(C)c1nn(C)c(N2CCOCC2)c1CNCCSc1ccc(Cl)cc1. The first-order valence-corrected chi connectivity index (χ1v) is 10.9. The number of ether oxygens (including phenoxy) is 1. The highest BCUT2D eigenvalue weighted by molar-refractivity contribution is 7.99. The first-order chi connectivity index (χ1) is 13.1. The third kappa shape index (κ3) is 5.41. The van der Waals surface area contributed by atoms with Crippen molar-refractivity contribution in [2.45, 2.75) is 31.2 Å². The van der Waals surface area contributed by atoms with Gasteiger partial charge in [-0.05, 0) is 30.2 Å². The second-order valence-electron chi connectivity index (χ2n) is 7.04. The Morgan fingerprint density at radius 3 is 2.59 bits per heavy atom. The summed E-state index contributed by atoms with van der Waals surface area (Å²) in [5.41, 5.74) is 2.52. The number of hydrogen-bond acceptors (Lipinski definition) is 5. The number of nitrogens with zero attached hydrogens (tertiary/aromatic N) is 3. The first-order valence-electron chi connectivity index (χ1n) is 9.54. The summed E-state index contributed by atoms with van der Waals surface area (Å²) in [5.74, 6) is 2.66. The van der Waals surface area contributed by atoms with Crippen molar-refractivity contribution in [2.24, 2.45) is 7.05 Å². The van der Waals surface area contributed by atoms with Gasteiger partial charge in [0.2, 0.25) is 0 Å². The second kappa shape index (κ2) is 9.82. The van der Waals surface area contributed by atoms with Crippen LogP contribution in [0.2, 0.25) is 5.02 Å². The molecule has 1 N–H and O–H groups in total. The fraction of sp³-hybridized carbons (Fsp3) is 0.550. The average Bonchev–Trinajstić information content (AvgIpc) is 3.00. The van der Waals surface area contributed by atoms with Crippen LogP contribution in [-0.4, -0.2) is 48.4 Å². The zero-order valence-corrected chi connectivity index (χ0v) is 17.9. The Labute approximate surface area is 171 Å². The van der Waals surface area contributed by atoms with Crippen molar-refractivity contribution in [3.05, 3.63) is 40.5 Å². The van der Waals surface area contributed by atoms with E-state index in [2.05, 4.69) is 43.2 Å². The zero-order chi connectivity index (χ0) is 19.2. The van der Waals surface area contributed by atoms with Gasteiger partial charge in [0.25, 0.3) is 0 Å². The average molecular weight is 409 g/mol. The lowest BCUT2D eigenvalue weighted by Gasteiger charge is -2.29. The molecule has 0 unspecified atom stereocenters. The van der Waals surface area contributed by atoms with Crippen LogP contribution in [0.15, 0.2) is 29.2 Å². The number of morpholine rings is 1. The highest BCUT2D eigenvalue weighted by atomic mass is 35.5. The summed E-state index contributed by atoms with van der Waals surface area (Å²) in [7, 11) is 2.05. The summed E-state index contributed by atoms with van der Waals surface area (Å²) in [4.78, 5) is 3.65. The maximum atomic E-state index is 5.94. The number of hydrogen-bond donors (Lipinski definition) is 1. The van der Waals surface area contributed by atoms with Crippen molar-refractivity contribution >= 4 is 29.2 Å². The van der Waals surface area contributed by atoms with E-state index in [-0.39, 0.29) is 0 Å². The Balaban J connectivity index is 1.60. The molecule has 7 heteroatoms. The number of rotatable bonds is 8. The largest absolute Gasteiger partial charge is 0.378 e. The number of anilines is 1. The van der Waals surface area contributed by atoms with E-state index in [0.717, 1.165) is 50.2 Å². The molecule has 1 aromatic heterocycles. The molecule has 1 aliphatic rings. The van der Waals surface area contributed by atoms with Crippen LogP contribution in [0.3, 0.4) is 0 Å². The molecule has 0 aliphatic carbocycles. The molecule has 1 fully saturated rings. The monoisotopic (exact) mass is 408 g/mol. The molecule has 0 radical (unpaired) electrons. The minimum Gasteiger partial charge on any atom is -0.378 e. The predicted molar refractivity (Wildman–Crippen MR) is 114 cm³/mol. The van der Waals surface area contributed by atoms with Crippen molar-refractivity contribution in [1.82, 2.24) is 15.1 Å². The normalized spacial score (nSPS) is 14.9. The van der Waals surface area contributed by atoms with Crippen LogP contribution >= 0.6 is 23.4 Å². The molecule has 0 spiro atoms. The summed E-state index contributed by atoms with van der Waals surface area (Å²) in [6, 6.07) is 8.02. The lowest BCUT2D eigenvalue weighted by Crippen LogP contribution is -2.38. The highest BCUT2D eigenvalue weighted by Crippen LogP contribution is 2.29. The topological polar surface area (TPSA) is 42.3 Å². The van der Waals surface area contributed by atoms with E-state index in [9.17, 15) is 0 Å². The quantitative estimate of drug-likeness (QED) is 0.529. The molecule has 1 aliphatic heterocycles. The van der Waals surface area contributed by atoms with Crippen LogP contribution in [0.5, 0.6) is 0 Å². The van der Waals surface area contributed by atoms with Gasteiger partial charge in [-0.3, -0.25) is 4.68 Å². The maximum Gasteiger partial charge on any atom is 0.131 e. The molecule has 1 aromatic carbocycles. The van der Waals surface area contributed by atoms with Crippen LogP contribution in [0.4, 0.5) is 5.82 Å². The molecule has 1 saturated heterocycles. The van der Waals surface area contributed by atoms with Gasteiger partial charge in [0.05, 0.1) is 18.9 Å². The molecule has 0 amide bonds. The van der Waals surface area contributed by atoms with Crippen LogP contribution < -0.4 is 10.2 Å². The van der Waals surface area contributed by atoms with Gasteiger partial charge < -0.3 is 15.0 Å². The van der Waals surface area contributed by atoms with E-state index in [4.69, 9.17) is 21.4 Å². The standard InChI is InChI=1S/C20H29ClN4OS/c1-15(2)19-18(20(24(3)23-19)25-9-11-26-12-10-25)14-22-8-13-27-17-6-4-16(21)5-7-17/h4-7,15,22H,8-14H2,1-3H3. The lowest BCUT2D eigenvalue weighted by atomic mass is 10.1. The molecule has 3 rings (SSSR count). The number of halogens is 1. The van der Waals surface area contributed by atoms with Gasteiger partial charge in [0.15, 0.2) is 0 Å². The maximum absolute atomic E-state index is 5.94. The summed E-state index contributed by atoms with van der Waals surface area (Å²) in [6.07, 6.45) is 0. The summed E-state index contributed by atoms with van der Waals surface area (Å²) in [6.45, 7) is 9.64. The van der Waals surface area contributed by atoms with E-state index < -0.39 is 0 Å². The van der Waals surface area contributed by atoms with Crippen LogP contribution in [0.25, 0.3) is 0 Å². The highest BCUT2D eigenvalue weighted by Gasteiger charge is 2.23. The van der Waals surface area contributed by atoms with Crippen molar-refractivity contribution < 1.29 is 4.74 Å². The predicted octanol–water partition coefficient (Wildman–Crippen LogP) is 3.92. The molecule has 2 aromatic rings. The van der Waals surface area contributed by atoms with Gasteiger partial charge in [-0.1, -0.05) is 25.4 Å². The van der Waals surface area contributed by atoms with Crippen molar-refractivity contribution in [2.75, 3.05) is 43.5 Å². The third-order valence-corrected chi connectivity index (χ3v) is 5.93. The van der Waals surface area contributed by atoms with Gasteiger partial charge in [-0.2, -0.15) is 5.10 Å². The van der Waals surface area contributed by atoms with Gasteiger partial charge >= 0.3 is 0 Å². The van der Waals surface area contributed by atoms with Crippen LogP contribution in [-0.2, 0) is 18.3 Å². The smallest absolute Gasteiger partial charge is 0.131 e. The fourth-order valence-electron chi connectivity index (χ4n) is 3.37. The van der Waals surface area contributed by atoms with Crippen molar-refractivity contribution in [1.29, 1.82) is 0 Å². The Morgan fingerprint density at radius 2 is 1.93 bits per heavy atom. The van der Waals surface area contributed by atoms with E-state index in [0.29, 0.717) is 5.92 Å². The van der Waals surface area contributed by atoms with Crippen molar-refractivity contribution in [3.63, 3.8) is 0 Å². The minimum atomic E-state index is 0.409. The van der Waals surface area contributed by atoms with E-state index >= 15 is 0 Å². The van der Waals surface area contributed by atoms with Crippen LogP contribution in [0.1, 0.15) is 31.0 Å². The Kier molecular flexibility index (Phi) is 7.47. The Hall–Kier alpha value is -1.21. The number of benzene rings is 1. The van der Waals surface area contributed by atoms with E-state index in [1.807, 2.05) is 28.6 Å². The van der Waals surface area contributed by atoms with Crippen molar-refractivity contribution in [3.8, 4) is 0 Å². The Morgan fingerprint density at radius 1 is 1.22 bits per heavy atom. The van der Waals surface area contributed by atoms with Gasteiger partial charge in [-0.15, -0.1) is 11.8 Å². The zero-order valence-electron chi connectivity index (χ0n) is 16.4. The van der Waals surface area contributed by atoms with Gasteiger partial charge in [0, 0.05) is 54.5 Å². The summed E-state index contributed by atoms with van der Waals surface area (Å²) < 4.78 is 7.56. The lowest BCUT2D eigenvalue weighted by molar-refractivity contribution is 0.122. The van der Waals surface area contributed by atoms with E-state index in [1.165, 1.54) is 22.0 Å². The number of nitrogens with one attached hydrogen (secondary N) is 1. The van der Waals surface area contributed by atoms with E-state index in [1.54, 1.807) is 0 Å². The number of aryl methyl sites for hydroxylation is 1. The second-order valence-corrected chi connectivity index (χ2v) is 8.65. The first kappa shape index (κ1) is 20.5. The molecule has 0 saturated carbocycles. The molecule has 27 heavy (non-hydrogen) atoms. The summed E-state index contributed by atoms with van der Waals surface area (Å²) in [5, 5.41) is 9.21. The number of thioether (sulfide) groups is 1. The molecular weight excluding hydrogens is 380 g/mol. The minimum absolute atomic E-state index is 0.409. The third-order valence-electron chi connectivity index (χ3n) is 4.66. The molecule has 0 bridgehead atoms. The van der Waals surface area contributed by atoms with Crippen LogP contribution in [0, 0.1) is 0 Å². The number of aromatic nitrogens is 2.